The molecule has 5 heteroatoms. The van der Waals surface area contributed by atoms with Crippen molar-refractivity contribution >= 4 is 11.6 Å². The van der Waals surface area contributed by atoms with Crippen molar-refractivity contribution in [2.75, 3.05) is 7.05 Å². The third-order valence-electron chi connectivity index (χ3n) is 2.85. The number of hydrogen-bond acceptors (Lipinski definition) is 1. The van der Waals surface area contributed by atoms with E-state index in [-0.39, 0.29) is 16.1 Å². The van der Waals surface area contributed by atoms with Gasteiger partial charge in [-0.15, -0.1) is 0 Å². The molecule has 0 aliphatic heterocycles. The first-order chi connectivity index (χ1) is 9.04. The maximum atomic E-state index is 13.9. The molecule has 0 heterocycles. The summed E-state index contributed by atoms with van der Waals surface area (Å²) < 4.78 is 41.4. The number of nitrogens with one attached hydrogen (secondary N) is 1. The van der Waals surface area contributed by atoms with Gasteiger partial charge in [-0.1, -0.05) is 23.7 Å². The van der Waals surface area contributed by atoms with Gasteiger partial charge in [0.15, 0.2) is 0 Å². The number of halogens is 4. The largest absolute Gasteiger partial charge is 0.309 e. The van der Waals surface area contributed by atoms with Crippen molar-refractivity contribution in [1.82, 2.24) is 5.32 Å². The summed E-state index contributed by atoms with van der Waals surface area (Å²) in [5.74, 6) is -2.07. The van der Waals surface area contributed by atoms with Crippen LogP contribution in [-0.2, 0) is 0 Å². The lowest BCUT2D eigenvalue weighted by atomic mass is 9.97. The first-order valence-corrected chi connectivity index (χ1v) is 5.98. The van der Waals surface area contributed by atoms with Crippen molar-refractivity contribution in [2.24, 2.45) is 0 Å². The molecule has 0 saturated carbocycles. The highest BCUT2D eigenvalue weighted by Gasteiger charge is 2.23. The van der Waals surface area contributed by atoms with E-state index in [1.54, 1.807) is 0 Å². The minimum Gasteiger partial charge on any atom is -0.309 e. The van der Waals surface area contributed by atoms with E-state index >= 15 is 0 Å². The van der Waals surface area contributed by atoms with Crippen LogP contribution in [-0.4, -0.2) is 7.05 Å². The summed E-state index contributed by atoms with van der Waals surface area (Å²) in [5, 5.41) is 2.94. The second kappa shape index (κ2) is 5.63. The number of rotatable bonds is 3. The summed E-state index contributed by atoms with van der Waals surface area (Å²) >= 11 is 5.66. The Morgan fingerprint density at radius 2 is 1.63 bits per heavy atom. The first-order valence-electron chi connectivity index (χ1n) is 5.60. The molecule has 1 nitrogen and oxygen atoms in total. The van der Waals surface area contributed by atoms with Gasteiger partial charge in [0.1, 0.15) is 17.5 Å². The lowest BCUT2D eigenvalue weighted by molar-refractivity contribution is 0.508. The van der Waals surface area contributed by atoms with E-state index in [0.717, 1.165) is 18.2 Å². The van der Waals surface area contributed by atoms with Crippen LogP contribution in [0.2, 0.25) is 5.02 Å². The van der Waals surface area contributed by atoms with Gasteiger partial charge in [0, 0.05) is 16.1 Å². The molecule has 2 aromatic carbocycles. The molecule has 0 aliphatic rings. The van der Waals surface area contributed by atoms with Crippen LogP contribution in [0.15, 0.2) is 36.4 Å². The minimum atomic E-state index is -0.918. The molecule has 100 valence electrons. The van der Waals surface area contributed by atoms with E-state index < -0.39 is 23.5 Å². The van der Waals surface area contributed by atoms with Crippen LogP contribution < -0.4 is 5.32 Å². The van der Waals surface area contributed by atoms with Crippen molar-refractivity contribution in [3.05, 3.63) is 70.0 Å². The van der Waals surface area contributed by atoms with Gasteiger partial charge in [-0.25, -0.2) is 13.2 Å². The lowest BCUT2D eigenvalue weighted by Crippen LogP contribution is -2.21. The van der Waals surface area contributed by atoms with Crippen LogP contribution >= 0.6 is 11.6 Å². The zero-order valence-corrected chi connectivity index (χ0v) is 10.8. The van der Waals surface area contributed by atoms with Crippen LogP contribution in [0.25, 0.3) is 0 Å². The lowest BCUT2D eigenvalue weighted by Gasteiger charge is -2.19. The van der Waals surface area contributed by atoms with Crippen LogP contribution in [0.1, 0.15) is 17.2 Å². The van der Waals surface area contributed by atoms with Crippen molar-refractivity contribution in [3.8, 4) is 0 Å². The molecule has 0 amide bonds. The summed E-state index contributed by atoms with van der Waals surface area (Å²) in [6.07, 6.45) is 0. The van der Waals surface area contributed by atoms with E-state index in [4.69, 9.17) is 11.6 Å². The molecular formula is C14H11ClF3N. The quantitative estimate of drug-likeness (QED) is 0.896. The topological polar surface area (TPSA) is 12.0 Å². The molecule has 1 unspecified atom stereocenters. The standard InChI is InChI=1S/C14H11ClF3N/c1-19-14(9-6-5-8(15)7-12(9)18)13-10(16)3-2-4-11(13)17/h2-7,14,19H,1H3. The highest BCUT2D eigenvalue weighted by molar-refractivity contribution is 6.30. The molecule has 0 radical (unpaired) electrons. The van der Waals surface area contributed by atoms with Gasteiger partial charge in [0.2, 0.25) is 0 Å². The van der Waals surface area contributed by atoms with Gasteiger partial charge < -0.3 is 5.32 Å². The number of benzene rings is 2. The Morgan fingerprint density at radius 3 is 2.16 bits per heavy atom. The molecule has 0 bridgehead atoms. The summed E-state index contributed by atoms with van der Waals surface area (Å²) in [6.45, 7) is 0. The number of hydrogen-bond donors (Lipinski definition) is 1. The molecule has 1 N–H and O–H groups in total. The van der Waals surface area contributed by atoms with E-state index in [0.29, 0.717) is 0 Å². The zero-order valence-electron chi connectivity index (χ0n) is 10.1. The second-order valence-corrected chi connectivity index (χ2v) is 4.46. The van der Waals surface area contributed by atoms with Gasteiger partial charge in [-0.2, -0.15) is 0 Å². The highest BCUT2D eigenvalue weighted by Crippen LogP contribution is 2.29. The molecule has 2 rings (SSSR count). The van der Waals surface area contributed by atoms with Gasteiger partial charge in [0.05, 0.1) is 6.04 Å². The predicted octanol–water partition coefficient (Wildman–Crippen LogP) is 4.07. The SMILES string of the molecule is CNC(c1ccc(Cl)cc1F)c1c(F)cccc1F. The van der Waals surface area contributed by atoms with E-state index in [2.05, 4.69) is 5.32 Å². The van der Waals surface area contributed by atoms with Crippen molar-refractivity contribution in [2.45, 2.75) is 6.04 Å². The third-order valence-corrected chi connectivity index (χ3v) is 3.09. The zero-order chi connectivity index (χ0) is 14.0. The van der Waals surface area contributed by atoms with Crippen molar-refractivity contribution < 1.29 is 13.2 Å². The summed E-state index contributed by atoms with van der Waals surface area (Å²) in [5.41, 5.74) is -0.0814. The molecule has 1 atom stereocenters. The van der Waals surface area contributed by atoms with Crippen LogP contribution in [0.3, 0.4) is 0 Å². The van der Waals surface area contributed by atoms with Crippen LogP contribution in [0.5, 0.6) is 0 Å². The third kappa shape index (κ3) is 2.74. The Labute approximate surface area is 114 Å². The Hall–Kier alpha value is -1.52. The maximum Gasteiger partial charge on any atom is 0.131 e. The van der Waals surface area contributed by atoms with E-state index in [1.807, 2.05) is 0 Å². The summed E-state index contributed by atoms with van der Waals surface area (Å²) in [7, 11) is 1.50. The van der Waals surface area contributed by atoms with E-state index in [1.165, 1.54) is 25.2 Å². The fourth-order valence-electron chi connectivity index (χ4n) is 1.98. The van der Waals surface area contributed by atoms with Crippen LogP contribution in [0.4, 0.5) is 13.2 Å². The van der Waals surface area contributed by atoms with E-state index in [9.17, 15) is 13.2 Å². The van der Waals surface area contributed by atoms with Gasteiger partial charge >= 0.3 is 0 Å². The second-order valence-electron chi connectivity index (χ2n) is 4.02. The van der Waals surface area contributed by atoms with Crippen molar-refractivity contribution in [1.29, 1.82) is 0 Å². The summed E-state index contributed by atoms with van der Waals surface area (Å²) in [6, 6.07) is 6.61. The predicted molar refractivity (Wildman–Crippen MR) is 68.7 cm³/mol. The molecule has 0 aliphatic carbocycles. The molecular weight excluding hydrogens is 275 g/mol. The molecule has 0 spiro atoms. The molecule has 0 fully saturated rings. The Balaban J connectivity index is 2.56. The minimum absolute atomic E-state index is 0.135. The summed E-state index contributed by atoms with van der Waals surface area (Å²) in [4.78, 5) is 0. The van der Waals surface area contributed by atoms with Gasteiger partial charge in [0.25, 0.3) is 0 Å². The Morgan fingerprint density at radius 1 is 1.00 bits per heavy atom. The molecule has 2 aromatic rings. The average molecular weight is 286 g/mol. The van der Waals surface area contributed by atoms with Gasteiger partial charge in [-0.05, 0) is 31.3 Å². The van der Waals surface area contributed by atoms with Gasteiger partial charge in [-0.3, -0.25) is 0 Å². The maximum absolute atomic E-state index is 13.9. The fourth-order valence-corrected chi connectivity index (χ4v) is 2.14. The Bertz CT molecular complexity index is 581. The average Bonchev–Trinajstić information content (AvgIpc) is 2.35. The molecule has 0 aromatic heterocycles. The fraction of sp³-hybridized carbons (Fsp3) is 0.143. The highest BCUT2D eigenvalue weighted by atomic mass is 35.5. The first kappa shape index (κ1) is 13.9. The van der Waals surface area contributed by atoms with Crippen LogP contribution in [0, 0.1) is 17.5 Å². The Kier molecular flexibility index (Phi) is 4.12. The molecule has 19 heavy (non-hydrogen) atoms. The smallest absolute Gasteiger partial charge is 0.131 e. The monoisotopic (exact) mass is 285 g/mol. The normalized spacial score (nSPS) is 12.5. The molecule has 0 saturated heterocycles. The van der Waals surface area contributed by atoms with Crippen molar-refractivity contribution in [3.63, 3.8) is 0 Å².